The van der Waals surface area contributed by atoms with Gasteiger partial charge >= 0.3 is 0 Å². The summed E-state index contributed by atoms with van der Waals surface area (Å²) in [5.41, 5.74) is 7.25. The number of hydrogen-bond acceptors (Lipinski definition) is 3. The summed E-state index contributed by atoms with van der Waals surface area (Å²) in [6.07, 6.45) is 2.54. The summed E-state index contributed by atoms with van der Waals surface area (Å²) in [7, 11) is 1.77. The summed E-state index contributed by atoms with van der Waals surface area (Å²) in [4.78, 5) is 2.38. The van der Waals surface area contributed by atoms with Crippen molar-refractivity contribution < 1.29 is 9.13 Å². The maximum atomic E-state index is 13.3. The van der Waals surface area contributed by atoms with Crippen LogP contribution in [0.4, 0.5) is 4.39 Å². The van der Waals surface area contributed by atoms with Crippen LogP contribution in [0.25, 0.3) is 0 Å². The first-order chi connectivity index (χ1) is 8.72. The topological polar surface area (TPSA) is 38.5 Å². The Bertz CT molecular complexity index is 389. The molecular weight excluding hydrogens is 231 g/mol. The second kappa shape index (κ2) is 6.27. The van der Waals surface area contributed by atoms with Gasteiger partial charge in [0.25, 0.3) is 0 Å². The lowest BCUT2D eigenvalue weighted by Gasteiger charge is -2.31. The Hall–Kier alpha value is -0.970. The Kier molecular flexibility index (Phi) is 4.69. The van der Waals surface area contributed by atoms with E-state index in [2.05, 4.69) is 4.90 Å². The zero-order valence-electron chi connectivity index (χ0n) is 10.9. The fraction of sp³-hybridized carbons (Fsp3) is 0.571. The lowest BCUT2D eigenvalue weighted by atomic mass is 10.1. The predicted octanol–water partition coefficient (Wildman–Crippen LogP) is 1.90. The van der Waals surface area contributed by atoms with E-state index >= 15 is 0 Å². The number of hydrogen-bond donors (Lipinski definition) is 1. The minimum Gasteiger partial charge on any atom is -0.381 e. The molecule has 0 aromatic heterocycles. The number of nitrogens with two attached hydrogens (primary N) is 1. The monoisotopic (exact) mass is 252 g/mol. The van der Waals surface area contributed by atoms with E-state index in [1.54, 1.807) is 7.11 Å². The molecule has 1 aromatic rings. The number of rotatable bonds is 4. The molecule has 0 aliphatic carbocycles. The van der Waals surface area contributed by atoms with Crippen LogP contribution in [0, 0.1) is 5.82 Å². The average molecular weight is 252 g/mol. The van der Waals surface area contributed by atoms with Gasteiger partial charge in [0, 0.05) is 38.9 Å². The van der Waals surface area contributed by atoms with Crippen LogP contribution in [0.1, 0.15) is 24.0 Å². The SMILES string of the molecule is COC1CCN(Cc2ccc(F)c(CN)c2)CC1. The Morgan fingerprint density at radius 1 is 1.39 bits per heavy atom. The molecule has 0 saturated carbocycles. The maximum absolute atomic E-state index is 13.3. The second-order valence-electron chi connectivity index (χ2n) is 4.84. The Balaban J connectivity index is 1.94. The molecule has 2 rings (SSSR count). The Labute approximate surface area is 108 Å². The van der Waals surface area contributed by atoms with Crippen molar-refractivity contribution in [2.24, 2.45) is 5.73 Å². The third-order valence-corrected chi connectivity index (χ3v) is 3.60. The molecule has 4 heteroatoms. The number of piperidine rings is 1. The van der Waals surface area contributed by atoms with E-state index in [4.69, 9.17) is 10.5 Å². The van der Waals surface area contributed by atoms with E-state index in [1.165, 1.54) is 6.07 Å². The van der Waals surface area contributed by atoms with Crippen LogP contribution in [-0.2, 0) is 17.8 Å². The molecule has 1 heterocycles. The van der Waals surface area contributed by atoms with Crippen LogP contribution < -0.4 is 5.73 Å². The molecule has 0 unspecified atom stereocenters. The fourth-order valence-electron chi connectivity index (χ4n) is 2.44. The molecule has 1 aliphatic rings. The van der Waals surface area contributed by atoms with E-state index in [0.717, 1.165) is 38.0 Å². The van der Waals surface area contributed by atoms with Crippen molar-refractivity contribution in [3.8, 4) is 0 Å². The van der Waals surface area contributed by atoms with Crippen molar-refractivity contribution in [1.82, 2.24) is 4.90 Å². The molecule has 3 nitrogen and oxygen atoms in total. The first kappa shape index (κ1) is 13.5. The van der Waals surface area contributed by atoms with Gasteiger partial charge in [-0.3, -0.25) is 4.90 Å². The Morgan fingerprint density at radius 2 is 2.11 bits per heavy atom. The molecule has 0 bridgehead atoms. The summed E-state index contributed by atoms with van der Waals surface area (Å²) in [6, 6.07) is 5.23. The van der Waals surface area contributed by atoms with E-state index < -0.39 is 0 Å². The van der Waals surface area contributed by atoms with Gasteiger partial charge in [-0.15, -0.1) is 0 Å². The number of halogens is 1. The Morgan fingerprint density at radius 3 is 2.72 bits per heavy atom. The summed E-state index contributed by atoms with van der Waals surface area (Å²) in [6.45, 7) is 3.19. The second-order valence-corrected chi connectivity index (χ2v) is 4.84. The zero-order valence-corrected chi connectivity index (χ0v) is 10.9. The van der Waals surface area contributed by atoms with E-state index in [1.807, 2.05) is 12.1 Å². The molecule has 1 aliphatic heterocycles. The van der Waals surface area contributed by atoms with Gasteiger partial charge in [-0.05, 0) is 24.5 Å². The molecule has 100 valence electrons. The standard InChI is InChI=1S/C14H21FN2O/c1-18-13-4-6-17(7-5-13)10-11-2-3-14(15)12(8-11)9-16/h2-3,8,13H,4-7,9-10,16H2,1H3. The first-order valence-corrected chi connectivity index (χ1v) is 6.45. The minimum atomic E-state index is -0.209. The van der Waals surface area contributed by atoms with Crippen molar-refractivity contribution >= 4 is 0 Å². The van der Waals surface area contributed by atoms with Crippen molar-refractivity contribution in [2.75, 3.05) is 20.2 Å². The smallest absolute Gasteiger partial charge is 0.127 e. The van der Waals surface area contributed by atoms with Crippen molar-refractivity contribution in [3.63, 3.8) is 0 Å². The molecule has 1 aromatic carbocycles. The highest BCUT2D eigenvalue weighted by Gasteiger charge is 2.18. The van der Waals surface area contributed by atoms with Gasteiger partial charge < -0.3 is 10.5 Å². The summed E-state index contributed by atoms with van der Waals surface area (Å²) in [5.74, 6) is -0.209. The van der Waals surface area contributed by atoms with Crippen LogP contribution in [0.3, 0.4) is 0 Å². The van der Waals surface area contributed by atoms with Gasteiger partial charge in [-0.25, -0.2) is 4.39 Å². The molecule has 2 N–H and O–H groups in total. The number of methoxy groups -OCH3 is 1. The van der Waals surface area contributed by atoms with Gasteiger partial charge in [0.05, 0.1) is 6.10 Å². The molecule has 0 radical (unpaired) electrons. The molecule has 0 atom stereocenters. The maximum Gasteiger partial charge on any atom is 0.127 e. The molecule has 0 amide bonds. The van der Waals surface area contributed by atoms with Gasteiger partial charge in [0.1, 0.15) is 5.82 Å². The van der Waals surface area contributed by atoms with Crippen LogP contribution in [0.2, 0.25) is 0 Å². The molecular formula is C14H21FN2O. The van der Waals surface area contributed by atoms with E-state index in [-0.39, 0.29) is 12.4 Å². The third-order valence-electron chi connectivity index (χ3n) is 3.60. The lowest BCUT2D eigenvalue weighted by molar-refractivity contribution is 0.0388. The zero-order chi connectivity index (χ0) is 13.0. The number of likely N-dealkylation sites (tertiary alicyclic amines) is 1. The lowest BCUT2D eigenvalue weighted by Crippen LogP contribution is -2.36. The molecule has 18 heavy (non-hydrogen) atoms. The van der Waals surface area contributed by atoms with Gasteiger partial charge in [0.15, 0.2) is 0 Å². The minimum absolute atomic E-state index is 0.209. The van der Waals surface area contributed by atoms with Gasteiger partial charge in [0.2, 0.25) is 0 Å². The first-order valence-electron chi connectivity index (χ1n) is 6.45. The van der Waals surface area contributed by atoms with E-state index in [0.29, 0.717) is 11.7 Å². The largest absolute Gasteiger partial charge is 0.381 e. The highest BCUT2D eigenvalue weighted by atomic mass is 19.1. The third kappa shape index (κ3) is 3.28. The van der Waals surface area contributed by atoms with Crippen molar-refractivity contribution in [2.45, 2.75) is 32.0 Å². The van der Waals surface area contributed by atoms with E-state index in [9.17, 15) is 4.39 Å². The van der Waals surface area contributed by atoms with Crippen LogP contribution in [0.15, 0.2) is 18.2 Å². The number of benzene rings is 1. The highest BCUT2D eigenvalue weighted by Crippen LogP contribution is 2.17. The van der Waals surface area contributed by atoms with Crippen LogP contribution >= 0.6 is 0 Å². The summed E-state index contributed by atoms with van der Waals surface area (Å²) in [5, 5.41) is 0. The number of ether oxygens (including phenoxy) is 1. The summed E-state index contributed by atoms with van der Waals surface area (Å²) >= 11 is 0. The predicted molar refractivity (Wildman–Crippen MR) is 69.6 cm³/mol. The van der Waals surface area contributed by atoms with Crippen molar-refractivity contribution in [3.05, 3.63) is 35.1 Å². The molecule has 1 saturated heterocycles. The fourth-order valence-corrected chi connectivity index (χ4v) is 2.44. The van der Waals surface area contributed by atoms with Crippen LogP contribution in [-0.4, -0.2) is 31.2 Å². The molecule has 0 spiro atoms. The highest BCUT2D eigenvalue weighted by molar-refractivity contribution is 5.25. The van der Waals surface area contributed by atoms with Crippen LogP contribution in [0.5, 0.6) is 0 Å². The van der Waals surface area contributed by atoms with Gasteiger partial charge in [-0.2, -0.15) is 0 Å². The van der Waals surface area contributed by atoms with Crippen molar-refractivity contribution in [1.29, 1.82) is 0 Å². The normalized spacial score (nSPS) is 18.2. The van der Waals surface area contributed by atoms with Gasteiger partial charge in [-0.1, -0.05) is 12.1 Å². The molecule has 1 fully saturated rings. The summed E-state index contributed by atoms with van der Waals surface area (Å²) < 4.78 is 18.7. The average Bonchev–Trinajstić information content (AvgIpc) is 2.42. The number of nitrogens with zero attached hydrogens (tertiary/aromatic N) is 1. The quantitative estimate of drug-likeness (QED) is 0.889.